The molecular formula is C24H29N7O4S. The average molecular weight is 512 g/mol. The Labute approximate surface area is 210 Å². The molecule has 0 N–H and O–H groups in total. The number of carbonyl (C=O) groups excluding carboxylic acids is 1. The minimum Gasteiger partial charge on any atom is -0.497 e. The zero-order valence-electron chi connectivity index (χ0n) is 20.2. The Balaban J connectivity index is 1.18. The molecule has 0 atom stereocenters. The topological polar surface area (TPSA) is 114 Å². The van der Waals surface area contributed by atoms with E-state index in [0.717, 1.165) is 30.1 Å². The van der Waals surface area contributed by atoms with Crippen LogP contribution in [0.3, 0.4) is 0 Å². The summed E-state index contributed by atoms with van der Waals surface area (Å²) in [6, 6.07) is 13.8. The lowest BCUT2D eigenvalue weighted by Crippen LogP contribution is -2.48. The molecule has 0 aliphatic carbocycles. The Bertz CT molecular complexity index is 1290. The SMILES string of the molecule is COc1ccc(-n2nnnc2CN2CCN(C(=O)c3ccc(S(=O)(=O)N4CCCC4)cc3)CC2)cc1. The molecule has 1 aromatic heterocycles. The number of nitrogens with zero attached hydrogens (tertiary/aromatic N) is 7. The summed E-state index contributed by atoms with van der Waals surface area (Å²) in [4.78, 5) is 17.3. The fourth-order valence-electron chi connectivity index (χ4n) is 4.57. The second-order valence-corrected chi connectivity index (χ2v) is 10.8. The van der Waals surface area contributed by atoms with E-state index in [2.05, 4.69) is 20.4 Å². The van der Waals surface area contributed by atoms with Gasteiger partial charge in [-0.3, -0.25) is 9.69 Å². The number of hydrogen-bond donors (Lipinski definition) is 0. The Hall–Kier alpha value is -3.35. The first-order chi connectivity index (χ1) is 17.5. The van der Waals surface area contributed by atoms with Crippen LogP contribution in [0, 0.1) is 0 Å². The molecule has 11 nitrogen and oxygen atoms in total. The molecule has 3 aromatic rings. The zero-order chi connectivity index (χ0) is 25.1. The van der Waals surface area contributed by atoms with Gasteiger partial charge in [0.1, 0.15) is 5.75 Å². The van der Waals surface area contributed by atoms with E-state index in [1.54, 1.807) is 28.8 Å². The Morgan fingerprint density at radius 1 is 0.917 bits per heavy atom. The van der Waals surface area contributed by atoms with Crippen LogP contribution in [0.15, 0.2) is 53.4 Å². The van der Waals surface area contributed by atoms with E-state index in [1.807, 2.05) is 24.3 Å². The number of methoxy groups -OCH3 is 1. The molecule has 2 fully saturated rings. The molecule has 2 aromatic carbocycles. The molecule has 2 aliphatic heterocycles. The molecule has 0 unspecified atom stereocenters. The normalized spacial score (nSPS) is 17.4. The van der Waals surface area contributed by atoms with Crippen LogP contribution in [0.5, 0.6) is 5.75 Å². The largest absolute Gasteiger partial charge is 0.497 e. The van der Waals surface area contributed by atoms with Crippen LogP contribution in [0.2, 0.25) is 0 Å². The maximum Gasteiger partial charge on any atom is 0.253 e. The van der Waals surface area contributed by atoms with Crippen molar-refractivity contribution >= 4 is 15.9 Å². The van der Waals surface area contributed by atoms with Crippen molar-refractivity contribution in [1.29, 1.82) is 0 Å². The summed E-state index contributed by atoms with van der Waals surface area (Å²) in [7, 11) is -1.87. The highest BCUT2D eigenvalue weighted by Gasteiger charge is 2.28. The van der Waals surface area contributed by atoms with Crippen molar-refractivity contribution in [2.75, 3.05) is 46.4 Å². The Morgan fingerprint density at radius 2 is 1.58 bits per heavy atom. The van der Waals surface area contributed by atoms with Gasteiger partial charge in [-0.15, -0.1) is 5.10 Å². The highest BCUT2D eigenvalue weighted by molar-refractivity contribution is 7.89. The first-order valence-electron chi connectivity index (χ1n) is 12.0. The standard InChI is InChI=1S/C24H29N7O4S/c1-35-21-8-6-20(7-9-21)31-23(25-26-27-31)18-28-14-16-29(17-15-28)24(32)19-4-10-22(11-5-19)36(33,34)30-12-2-3-13-30/h4-11H,2-3,12-18H2,1H3. The number of sulfonamides is 1. The number of benzene rings is 2. The van der Waals surface area contributed by atoms with Crippen molar-refractivity contribution in [2.45, 2.75) is 24.3 Å². The summed E-state index contributed by atoms with van der Waals surface area (Å²) in [5, 5.41) is 12.1. The maximum absolute atomic E-state index is 13.0. The smallest absolute Gasteiger partial charge is 0.253 e. The lowest BCUT2D eigenvalue weighted by molar-refractivity contribution is 0.0624. The molecule has 36 heavy (non-hydrogen) atoms. The Morgan fingerprint density at radius 3 is 2.22 bits per heavy atom. The Kier molecular flexibility index (Phi) is 6.99. The summed E-state index contributed by atoms with van der Waals surface area (Å²) in [5.74, 6) is 1.38. The molecule has 12 heteroatoms. The number of piperazine rings is 1. The van der Waals surface area contributed by atoms with Crippen LogP contribution in [0.1, 0.15) is 29.0 Å². The fraction of sp³-hybridized carbons (Fsp3) is 0.417. The number of hydrogen-bond acceptors (Lipinski definition) is 8. The van der Waals surface area contributed by atoms with Gasteiger partial charge in [0.05, 0.1) is 24.2 Å². The van der Waals surface area contributed by atoms with Gasteiger partial charge >= 0.3 is 0 Å². The average Bonchev–Trinajstić information content (AvgIpc) is 3.62. The van der Waals surface area contributed by atoms with Crippen molar-refractivity contribution in [3.63, 3.8) is 0 Å². The van der Waals surface area contributed by atoms with Crippen LogP contribution in [-0.2, 0) is 16.6 Å². The number of aromatic nitrogens is 4. The summed E-state index contributed by atoms with van der Waals surface area (Å²) in [5.41, 5.74) is 1.34. The molecule has 0 radical (unpaired) electrons. The number of amides is 1. The van der Waals surface area contributed by atoms with Gasteiger partial charge in [0.15, 0.2) is 5.82 Å². The third-order valence-corrected chi connectivity index (χ3v) is 8.59. The van der Waals surface area contributed by atoms with Gasteiger partial charge in [0.2, 0.25) is 10.0 Å². The van der Waals surface area contributed by atoms with Crippen LogP contribution in [0.25, 0.3) is 5.69 Å². The molecular weight excluding hydrogens is 482 g/mol. The van der Waals surface area contributed by atoms with Crippen molar-refractivity contribution in [2.24, 2.45) is 0 Å². The molecule has 0 spiro atoms. The molecule has 0 bridgehead atoms. The van der Waals surface area contributed by atoms with E-state index < -0.39 is 10.0 Å². The van der Waals surface area contributed by atoms with Crippen molar-refractivity contribution in [1.82, 2.24) is 34.3 Å². The first kappa shape index (κ1) is 24.3. The fourth-order valence-corrected chi connectivity index (χ4v) is 6.08. The molecule has 3 heterocycles. The first-order valence-corrected chi connectivity index (χ1v) is 13.4. The summed E-state index contributed by atoms with van der Waals surface area (Å²) in [6.45, 7) is 4.17. The molecule has 0 saturated carbocycles. The number of carbonyl (C=O) groups is 1. The highest BCUT2D eigenvalue weighted by atomic mass is 32.2. The summed E-state index contributed by atoms with van der Waals surface area (Å²) >= 11 is 0. The van der Waals surface area contributed by atoms with E-state index in [9.17, 15) is 13.2 Å². The third-order valence-electron chi connectivity index (χ3n) is 6.68. The number of rotatable bonds is 7. The molecule has 2 aliphatic rings. The van der Waals surface area contributed by atoms with Gasteiger partial charge in [-0.05, 0) is 71.8 Å². The number of tetrazole rings is 1. The van der Waals surface area contributed by atoms with Crippen molar-refractivity contribution in [3.8, 4) is 11.4 Å². The van der Waals surface area contributed by atoms with Crippen LogP contribution in [-0.4, -0.2) is 95.0 Å². The molecule has 2 saturated heterocycles. The van der Waals surface area contributed by atoms with E-state index >= 15 is 0 Å². The quantitative estimate of drug-likeness (QED) is 0.468. The predicted octanol–water partition coefficient (Wildman–Crippen LogP) is 1.41. The zero-order valence-corrected chi connectivity index (χ0v) is 21.0. The van der Waals surface area contributed by atoms with Crippen LogP contribution in [0.4, 0.5) is 0 Å². The van der Waals surface area contributed by atoms with Crippen LogP contribution < -0.4 is 4.74 Å². The van der Waals surface area contributed by atoms with Crippen LogP contribution >= 0.6 is 0 Å². The monoisotopic (exact) mass is 511 g/mol. The van der Waals surface area contributed by atoms with Gasteiger partial charge in [0, 0.05) is 44.8 Å². The van der Waals surface area contributed by atoms with Gasteiger partial charge in [-0.25, -0.2) is 8.42 Å². The maximum atomic E-state index is 13.0. The molecule has 1 amide bonds. The molecule has 5 rings (SSSR count). The van der Waals surface area contributed by atoms with Crippen molar-refractivity contribution in [3.05, 3.63) is 59.9 Å². The van der Waals surface area contributed by atoms with Gasteiger partial charge in [0.25, 0.3) is 5.91 Å². The van der Waals surface area contributed by atoms with E-state index in [0.29, 0.717) is 51.4 Å². The lowest BCUT2D eigenvalue weighted by Gasteiger charge is -2.34. The summed E-state index contributed by atoms with van der Waals surface area (Å²) in [6.07, 6.45) is 1.77. The lowest BCUT2D eigenvalue weighted by atomic mass is 10.2. The van der Waals surface area contributed by atoms with E-state index in [4.69, 9.17) is 4.74 Å². The van der Waals surface area contributed by atoms with E-state index in [-0.39, 0.29) is 10.8 Å². The van der Waals surface area contributed by atoms with Crippen molar-refractivity contribution < 1.29 is 17.9 Å². The second kappa shape index (κ2) is 10.3. The summed E-state index contributed by atoms with van der Waals surface area (Å²) < 4.78 is 33.9. The van der Waals surface area contributed by atoms with Gasteiger partial charge < -0.3 is 9.64 Å². The highest BCUT2D eigenvalue weighted by Crippen LogP contribution is 2.22. The van der Waals surface area contributed by atoms with Gasteiger partial charge in [-0.1, -0.05) is 0 Å². The van der Waals surface area contributed by atoms with Gasteiger partial charge in [-0.2, -0.15) is 8.99 Å². The third kappa shape index (κ3) is 4.97. The molecule has 190 valence electrons. The number of ether oxygens (including phenoxy) is 1. The predicted molar refractivity (Wildman–Crippen MR) is 131 cm³/mol. The van der Waals surface area contributed by atoms with E-state index in [1.165, 1.54) is 16.4 Å². The second-order valence-electron chi connectivity index (χ2n) is 8.91. The minimum atomic E-state index is -3.49. The minimum absolute atomic E-state index is 0.0946.